The molecule has 4 atom stereocenters. The number of nitrogens with zero attached hydrogens (tertiary/aromatic N) is 1. The topological polar surface area (TPSA) is 40.7 Å². The number of nitrogens with one attached hydrogen (secondary N) is 2. The fourth-order valence-corrected chi connectivity index (χ4v) is 2.83. The molecule has 3 heteroatoms. The normalized spacial score (nSPS) is 36.8. The Hall–Kier alpha value is -0.830. The first-order chi connectivity index (χ1) is 6.84. The average Bonchev–Trinajstić information content (AvgIpc) is 2.66. The molecule has 76 valence electrons. The molecule has 0 saturated heterocycles. The lowest BCUT2D eigenvalue weighted by Crippen LogP contribution is -2.31. The Morgan fingerprint density at radius 2 is 2.50 bits per heavy atom. The van der Waals surface area contributed by atoms with Gasteiger partial charge in [0.05, 0.1) is 6.20 Å². The summed E-state index contributed by atoms with van der Waals surface area (Å²) in [6.45, 7) is 2.22. The fraction of sp³-hybridized carbons (Fsp3) is 0.727. The second-order valence-electron chi connectivity index (χ2n) is 4.76. The molecule has 0 aliphatic heterocycles. The van der Waals surface area contributed by atoms with Gasteiger partial charge in [-0.2, -0.15) is 5.10 Å². The van der Waals surface area contributed by atoms with Crippen LogP contribution in [0.4, 0.5) is 0 Å². The Morgan fingerprint density at radius 3 is 3.07 bits per heavy atom. The van der Waals surface area contributed by atoms with Crippen molar-refractivity contribution in [1.29, 1.82) is 0 Å². The van der Waals surface area contributed by atoms with Crippen LogP contribution in [0.15, 0.2) is 12.4 Å². The predicted octanol–water partition coefficient (Wildman–Crippen LogP) is 1.86. The van der Waals surface area contributed by atoms with Crippen LogP contribution in [-0.2, 0) is 0 Å². The predicted molar refractivity (Wildman–Crippen MR) is 54.8 cm³/mol. The minimum atomic E-state index is 0.443. The van der Waals surface area contributed by atoms with Gasteiger partial charge < -0.3 is 5.32 Å². The first-order valence-electron chi connectivity index (χ1n) is 5.59. The van der Waals surface area contributed by atoms with Crippen molar-refractivity contribution in [1.82, 2.24) is 15.5 Å². The van der Waals surface area contributed by atoms with Crippen LogP contribution in [0.25, 0.3) is 0 Å². The zero-order chi connectivity index (χ0) is 9.54. The van der Waals surface area contributed by atoms with Crippen LogP contribution >= 0.6 is 0 Å². The van der Waals surface area contributed by atoms with Crippen LogP contribution in [0, 0.1) is 11.8 Å². The molecule has 0 bridgehead atoms. The van der Waals surface area contributed by atoms with E-state index in [4.69, 9.17) is 0 Å². The lowest BCUT2D eigenvalue weighted by Gasteiger charge is -2.19. The third kappa shape index (κ3) is 1.36. The Labute approximate surface area is 84.3 Å². The second kappa shape index (κ2) is 3.09. The number of aromatic amines is 1. The summed E-state index contributed by atoms with van der Waals surface area (Å²) in [5.74, 6) is 2.05. The Morgan fingerprint density at radius 1 is 1.57 bits per heavy atom. The van der Waals surface area contributed by atoms with E-state index in [-0.39, 0.29) is 0 Å². The van der Waals surface area contributed by atoms with E-state index in [2.05, 4.69) is 22.4 Å². The molecule has 0 spiro atoms. The van der Waals surface area contributed by atoms with Crippen molar-refractivity contribution in [3.63, 3.8) is 0 Å². The quantitative estimate of drug-likeness (QED) is 0.765. The average molecular weight is 191 g/mol. The van der Waals surface area contributed by atoms with Crippen LogP contribution in [0.3, 0.4) is 0 Å². The number of rotatable bonds is 3. The molecule has 3 nitrogen and oxygen atoms in total. The molecule has 1 heterocycles. The SMILES string of the molecule is CC(NC1CCC2CC21)c1cn[nH]c1. The van der Waals surface area contributed by atoms with Crippen LogP contribution in [0.1, 0.15) is 37.8 Å². The zero-order valence-corrected chi connectivity index (χ0v) is 8.53. The van der Waals surface area contributed by atoms with Gasteiger partial charge in [0, 0.05) is 23.8 Å². The minimum Gasteiger partial charge on any atom is -0.307 e. The standard InChI is InChI=1S/C11H17N3/c1-7(9-5-12-13-6-9)14-11-3-2-8-4-10(8)11/h5-8,10-11,14H,2-4H2,1H3,(H,12,13). The van der Waals surface area contributed by atoms with Gasteiger partial charge in [-0.3, -0.25) is 5.10 Å². The molecule has 4 unspecified atom stereocenters. The minimum absolute atomic E-state index is 0.443. The lowest BCUT2D eigenvalue weighted by molar-refractivity contribution is 0.425. The van der Waals surface area contributed by atoms with Crippen LogP contribution in [0.5, 0.6) is 0 Å². The van der Waals surface area contributed by atoms with Crippen molar-refractivity contribution in [2.24, 2.45) is 11.8 Å². The molecule has 1 aromatic heterocycles. The summed E-state index contributed by atoms with van der Waals surface area (Å²) < 4.78 is 0. The number of hydrogen-bond acceptors (Lipinski definition) is 2. The summed E-state index contributed by atoms with van der Waals surface area (Å²) in [5.41, 5.74) is 1.27. The van der Waals surface area contributed by atoms with Gasteiger partial charge in [-0.15, -0.1) is 0 Å². The van der Waals surface area contributed by atoms with Crippen molar-refractivity contribution in [2.75, 3.05) is 0 Å². The van der Waals surface area contributed by atoms with E-state index in [1.54, 1.807) is 0 Å². The van der Waals surface area contributed by atoms with Gasteiger partial charge in [0.2, 0.25) is 0 Å². The summed E-state index contributed by atoms with van der Waals surface area (Å²) in [7, 11) is 0. The van der Waals surface area contributed by atoms with E-state index >= 15 is 0 Å². The highest BCUT2D eigenvalue weighted by molar-refractivity contribution is 5.10. The molecule has 3 rings (SSSR count). The van der Waals surface area contributed by atoms with Gasteiger partial charge in [0.25, 0.3) is 0 Å². The van der Waals surface area contributed by atoms with Gasteiger partial charge in [-0.25, -0.2) is 0 Å². The first kappa shape index (κ1) is 8.48. The Bertz CT molecular complexity index is 306. The molecule has 2 saturated carbocycles. The smallest absolute Gasteiger partial charge is 0.0534 e. The van der Waals surface area contributed by atoms with Crippen molar-refractivity contribution in [3.8, 4) is 0 Å². The third-order valence-electron chi connectivity index (χ3n) is 3.83. The monoisotopic (exact) mass is 191 g/mol. The van der Waals surface area contributed by atoms with Crippen LogP contribution < -0.4 is 5.32 Å². The highest BCUT2D eigenvalue weighted by Gasteiger charge is 2.48. The Balaban J connectivity index is 1.61. The summed E-state index contributed by atoms with van der Waals surface area (Å²) in [5, 5.41) is 10.6. The van der Waals surface area contributed by atoms with E-state index < -0.39 is 0 Å². The molecule has 2 N–H and O–H groups in total. The number of aromatic nitrogens is 2. The molecule has 2 aliphatic carbocycles. The van der Waals surface area contributed by atoms with Crippen LogP contribution in [0.2, 0.25) is 0 Å². The lowest BCUT2D eigenvalue weighted by atomic mass is 10.1. The zero-order valence-electron chi connectivity index (χ0n) is 8.53. The number of fused-ring (bicyclic) bond motifs is 1. The highest BCUT2D eigenvalue weighted by atomic mass is 15.1. The summed E-state index contributed by atoms with van der Waals surface area (Å²) in [6.07, 6.45) is 8.18. The van der Waals surface area contributed by atoms with Gasteiger partial charge in [0.15, 0.2) is 0 Å². The van der Waals surface area contributed by atoms with Crippen molar-refractivity contribution in [3.05, 3.63) is 18.0 Å². The fourth-order valence-electron chi connectivity index (χ4n) is 2.83. The largest absolute Gasteiger partial charge is 0.307 e. The van der Waals surface area contributed by atoms with E-state index in [0.717, 1.165) is 17.9 Å². The number of hydrogen-bond donors (Lipinski definition) is 2. The van der Waals surface area contributed by atoms with E-state index in [1.807, 2.05) is 12.4 Å². The third-order valence-corrected chi connectivity index (χ3v) is 3.83. The molecule has 14 heavy (non-hydrogen) atoms. The van der Waals surface area contributed by atoms with Gasteiger partial charge in [0.1, 0.15) is 0 Å². The summed E-state index contributed by atoms with van der Waals surface area (Å²) in [4.78, 5) is 0. The summed E-state index contributed by atoms with van der Waals surface area (Å²) in [6, 6.07) is 1.21. The first-order valence-corrected chi connectivity index (χ1v) is 5.59. The van der Waals surface area contributed by atoms with Crippen molar-refractivity contribution in [2.45, 2.75) is 38.3 Å². The molecule has 0 radical (unpaired) electrons. The van der Waals surface area contributed by atoms with Gasteiger partial charge >= 0.3 is 0 Å². The van der Waals surface area contributed by atoms with Crippen molar-refractivity contribution < 1.29 is 0 Å². The number of H-pyrrole nitrogens is 1. The Kier molecular flexibility index (Phi) is 1.87. The molecule has 2 fully saturated rings. The maximum atomic E-state index is 3.98. The van der Waals surface area contributed by atoms with Gasteiger partial charge in [-0.1, -0.05) is 0 Å². The molecule has 0 aromatic carbocycles. The maximum absolute atomic E-state index is 3.98. The molecule has 0 amide bonds. The summed E-state index contributed by atoms with van der Waals surface area (Å²) >= 11 is 0. The molecular weight excluding hydrogens is 174 g/mol. The maximum Gasteiger partial charge on any atom is 0.0534 e. The molecule has 2 aliphatic rings. The van der Waals surface area contributed by atoms with Gasteiger partial charge in [-0.05, 0) is 38.0 Å². The van der Waals surface area contributed by atoms with Crippen molar-refractivity contribution >= 4 is 0 Å². The molecule has 1 aromatic rings. The second-order valence-corrected chi connectivity index (χ2v) is 4.76. The van der Waals surface area contributed by atoms with E-state index in [1.165, 1.54) is 24.8 Å². The molecular formula is C11H17N3. The highest BCUT2D eigenvalue weighted by Crippen LogP contribution is 2.52. The van der Waals surface area contributed by atoms with E-state index in [9.17, 15) is 0 Å². The van der Waals surface area contributed by atoms with Crippen LogP contribution in [-0.4, -0.2) is 16.2 Å². The van der Waals surface area contributed by atoms with E-state index in [0.29, 0.717) is 6.04 Å².